The predicted molar refractivity (Wildman–Crippen MR) is 70.6 cm³/mol. The summed E-state index contributed by atoms with van der Waals surface area (Å²) >= 11 is 6.33. The highest BCUT2D eigenvalue weighted by Crippen LogP contribution is 2.32. The topological polar surface area (TPSA) is 27.1 Å². The molecule has 0 saturated carbocycles. The van der Waals surface area contributed by atoms with Gasteiger partial charge in [0.25, 0.3) is 0 Å². The fraction of sp³-hybridized carbons (Fsp3) is 0.182. The minimum absolute atomic E-state index is 0.219. The standard InChI is InChI=1S/C11H7Br2F3N2O/c12-4-7-5-18(6-17-7)8-1-2-10(9(13)3-8)19-11(14,15)16/h1-3,5-6H,4H2. The van der Waals surface area contributed by atoms with Crippen molar-refractivity contribution in [2.45, 2.75) is 11.7 Å². The number of halogens is 5. The molecule has 102 valence electrons. The molecule has 0 aliphatic carbocycles. The quantitative estimate of drug-likeness (QED) is 0.714. The third kappa shape index (κ3) is 3.73. The molecule has 0 aliphatic rings. The van der Waals surface area contributed by atoms with Crippen molar-refractivity contribution in [2.75, 3.05) is 0 Å². The molecule has 0 amide bonds. The first-order chi connectivity index (χ1) is 8.89. The van der Waals surface area contributed by atoms with Crippen molar-refractivity contribution < 1.29 is 17.9 Å². The van der Waals surface area contributed by atoms with Gasteiger partial charge in [0, 0.05) is 17.2 Å². The minimum Gasteiger partial charge on any atom is -0.405 e. The van der Waals surface area contributed by atoms with Gasteiger partial charge in [0.1, 0.15) is 5.75 Å². The fourth-order valence-electron chi connectivity index (χ4n) is 1.43. The average Bonchev–Trinajstić information content (AvgIpc) is 2.79. The molecule has 0 bridgehead atoms. The van der Waals surface area contributed by atoms with Gasteiger partial charge in [-0.05, 0) is 34.1 Å². The summed E-state index contributed by atoms with van der Waals surface area (Å²) in [5, 5.41) is 0.608. The number of benzene rings is 1. The van der Waals surface area contributed by atoms with Gasteiger partial charge in [-0.25, -0.2) is 4.98 Å². The van der Waals surface area contributed by atoms with Crippen LogP contribution in [-0.4, -0.2) is 15.9 Å². The number of imidazole rings is 1. The zero-order chi connectivity index (χ0) is 14.0. The SMILES string of the molecule is FC(F)(F)Oc1ccc(-n2cnc(CBr)c2)cc1Br. The van der Waals surface area contributed by atoms with Crippen LogP contribution in [0.15, 0.2) is 35.2 Å². The van der Waals surface area contributed by atoms with Crippen LogP contribution in [0.2, 0.25) is 0 Å². The van der Waals surface area contributed by atoms with Gasteiger partial charge in [-0.2, -0.15) is 0 Å². The summed E-state index contributed by atoms with van der Waals surface area (Å²) in [6.45, 7) is 0. The molecular formula is C11H7Br2F3N2O. The Balaban J connectivity index is 2.28. The number of hydrogen-bond acceptors (Lipinski definition) is 2. The highest BCUT2D eigenvalue weighted by Gasteiger charge is 2.31. The van der Waals surface area contributed by atoms with Gasteiger partial charge in [0.15, 0.2) is 0 Å². The monoisotopic (exact) mass is 398 g/mol. The van der Waals surface area contributed by atoms with Crippen LogP contribution in [0.1, 0.15) is 5.69 Å². The first-order valence-corrected chi connectivity index (χ1v) is 6.95. The molecule has 0 radical (unpaired) electrons. The van der Waals surface area contributed by atoms with Crippen LogP contribution in [0, 0.1) is 0 Å². The third-order valence-corrected chi connectivity index (χ3v) is 3.41. The van der Waals surface area contributed by atoms with Gasteiger partial charge in [0.2, 0.25) is 0 Å². The zero-order valence-electron chi connectivity index (χ0n) is 9.29. The lowest BCUT2D eigenvalue weighted by Gasteiger charge is -2.11. The molecule has 1 aromatic heterocycles. The summed E-state index contributed by atoms with van der Waals surface area (Å²) in [5.74, 6) is -0.280. The Hall–Kier alpha value is -1.02. The van der Waals surface area contributed by atoms with Crippen molar-refractivity contribution in [3.05, 3.63) is 40.9 Å². The summed E-state index contributed by atoms with van der Waals surface area (Å²) in [5.41, 5.74) is 1.51. The van der Waals surface area contributed by atoms with E-state index in [2.05, 4.69) is 41.6 Å². The van der Waals surface area contributed by atoms with E-state index in [1.54, 1.807) is 17.1 Å². The molecule has 0 saturated heterocycles. The molecule has 3 nitrogen and oxygen atoms in total. The van der Waals surface area contributed by atoms with Crippen LogP contribution in [0.3, 0.4) is 0 Å². The third-order valence-electron chi connectivity index (χ3n) is 2.21. The predicted octanol–water partition coefficient (Wildman–Crippen LogP) is 4.43. The lowest BCUT2D eigenvalue weighted by atomic mass is 10.3. The van der Waals surface area contributed by atoms with Crippen LogP contribution in [0.25, 0.3) is 5.69 Å². The van der Waals surface area contributed by atoms with Crippen LogP contribution in [0.5, 0.6) is 5.75 Å². The Morgan fingerprint density at radius 1 is 1.32 bits per heavy atom. The molecule has 0 aliphatic heterocycles. The Kier molecular flexibility index (Phi) is 4.19. The van der Waals surface area contributed by atoms with Crippen LogP contribution >= 0.6 is 31.9 Å². The summed E-state index contributed by atoms with van der Waals surface area (Å²) in [4.78, 5) is 4.11. The van der Waals surface area contributed by atoms with E-state index in [9.17, 15) is 13.2 Å². The van der Waals surface area contributed by atoms with Gasteiger partial charge < -0.3 is 9.30 Å². The number of ether oxygens (including phenoxy) is 1. The summed E-state index contributed by atoms with van der Waals surface area (Å²) in [6, 6.07) is 4.30. The average molecular weight is 400 g/mol. The van der Waals surface area contributed by atoms with E-state index >= 15 is 0 Å². The molecule has 2 aromatic rings. The first kappa shape index (κ1) is 14.4. The van der Waals surface area contributed by atoms with Gasteiger partial charge in [0.05, 0.1) is 16.5 Å². The molecule has 1 aromatic carbocycles. The molecule has 2 rings (SSSR count). The molecule has 0 atom stereocenters. The van der Waals surface area contributed by atoms with E-state index in [4.69, 9.17) is 0 Å². The lowest BCUT2D eigenvalue weighted by molar-refractivity contribution is -0.274. The van der Waals surface area contributed by atoms with Crippen molar-refractivity contribution in [1.82, 2.24) is 9.55 Å². The number of hydrogen-bond donors (Lipinski definition) is 0. The van der Waals surface area contributed by atoms with Crippen molar-refractivity contribution in [3.8, 4) is 11.4 Å². The Morgan fingerprint density at radius 2 is 2.05 bits per heavy atom. The Morgan fingerprint density at radius 3 is 2.58 bits per heavy atom. The van der Waals surface area contributed by atoms with Gasteiger partial charge in [-0.1, -0.05) is 15.9 Å². The normalized spacial score (nSPS) is 11.6. The maximum Gasteiger partial charge on any atom is 0.573 e. The van der Waals surface area contributed by atoms with Gasteiger partial charge in [-0.3, -0.25) is 0 Å². The number of aromatic nitrogens is 2. The number of alkyl halides is 4. The fourth-order valence-corrected chi connectivity index (χ4v) is 2.17. The Bertz CT molecular complexity index is 584. The van der Waals surface area contributed by atoms with E-state index in [0.717, 1.165) is 5.69 Å². The molecule has 0 unspecified atom stereocenters. The maximum absolute atomic E-state index is 12.1. The Labute approximate surface area is 123 Å². The summed E-state index contributed by atoms with van der Waals surface area (Å²) < 4.78 is 42.2. The molecule has 0 fully saturated rings. The van der Waals surface area contributed by atoms with Crippen LogP contribution < -0.4 is 4.74 Å². The molecule has 1 heterocycles. The van der Waals surface area contributed by atoms with Crippen LogP contribution in [-0.2, 0) is 5.33 Å². The van der Waals surface area contributed by atoms with Crippen molar-refractivity contribution in [1.29, 1.82) is 0 Å². The highest BCUT2D eigenvalue weighted by molar-refractivity contribution is 9.10. The van der Waals surface area contributed by atoms with Crippen molar-refractivity contribution >= 4 is 31.9 Å². The molecule has 19 heavy (non-hydrogen) atoms. The molecular weight excluding hydrogens is 393 g/mol. The van der Waals surface area contributed by atoms with Crippen molar-refractivity contribution in [2.24, 2.45) is 0 Å². The molecule has 0 N–H and O–H groups in total. The van der Waals surface area contributed by atoms with E-state index < -0.39 is 6.36 Å². The summed E-state index contributed by atoms with van der Waals surface area (Å²) in [6.07, 6.45) is -1.34. The van der Waals surface area contributed by atoms with E-state index in [1.165, 1.54) is 18.2 Å². The van der Waals surface area contributed by atoms with Crippen molar-refractivity contribution in [3.63, 3.8) is 0 Å². The lowest BCUT2D eigenvalue weighted by Crippen LogP contribution is -2.17. The van der Waals surface area contributed by atoms with E-state index in [0.29, 0.717) is 11.0 Å². The molecule has 8 heteroatoms. The zero-order valence-corrected chi connectivity index (χ0v) is 12.5. The minimum atomic E-state index is -4.71. The maximum atomic E-state index is 12.1. The molecule has 0 spiro atoms. The second-order valence-electron chi connectivity index (χ2n) is 3.57. The number of nitrogens with zero attached hydrogens (tertiary/aromatic N) is 2. The van der Waals surface area contributed by atoms with Gasteiger partial charge >= 0.3 is 6.36 Å². The summed E-state index contributed by atoms with van der Waals surface area (Å²) in [7, 11) is 0. The van der Waals surface area contributed by atoms with Gasteiger partial charge in [-0.15, -0.1) is 13.2 Å². The number of rotatable bonds is 3. The largest absolute Gasteiger partial charge is 0.573 e. The second kappa shape index (κ2) is 5.54. The van der Waals surface area contributed by atoms with E-state index in [-0.39, 0.29) is 10.2 Å². The van der Waals surface area contributed by atoms with E-state index in [1.807, 2.05) is 0 Å². The smallest absolute Gasteiger partial charge is 0.405 e. The van der Waals surface area contributed by atoms with Crippen LogP contribution in [0.4, 0.5) is 13.2 Å². The highest BCUT2D eigenvalue weighted by atomic mass is 79.9. The second-order valence-corrected chi connectivity index (χ2v) is 4.98. The first-order valence-electron chi connectivity index (χ1n) is 5.03.